The highest BCUT2D eigenvalue weighted by atomic mass is 35.5. The monoisotopic (exact) mass is 459 g/mol. The van der Waals surface area contributed by atoms with Crippen molar-refractivity contribution in [3.63, 3.8) is 0 Å². The van der Waals surface area contributed by atoms with Crippen LogP contribution in [0.25, 0.3) is 10.9 Å². The quantitative estimate of drug-likeness (QED) is 0.371. The Hall–Kier alpha value is -3.52. The van der Waals surface area contributed by atoms with Crippen LogP contribution < -0.4 is 10.1 Å². The fraction of sp³-hybridized carbons (Fsp3) is 0.130. The lowest BCUT2D eigenvalue weighted by molar-refractivity contribution is -0.137. The molecule has 0 aliphatic carbocycles. The molecule has 2 aromatic carbocycles. The summed E-state index contributed by atoms with van der Waals surface area (Å²) in [5.74, 6) is -0.118. The van der Waals surface area contributed by atoms with Gasteiger partial charge in [-0.1, -0.05) is 29.8 Å². The van der Waals surface area contributed by atoms with Gasteiger partial charge in [0.2, 0.25) is 5.88 Å². The van der Waals surface area contributed by atoms with Crippen molar-refractivity contribution < 1.29 is 22.7 Å². The third-order valence-corrected chi connectivity index (χ3v) is 5.09. The maximum Gasteiger partial charge on any atom is 0.417 e. The number of hydrogen-bond acceptors (Lipinski definition) is 3. The van der Waals surface area contributed by atoms with Gasteiger partial charge < -0.3 is 15.0 Å². The van der Waals surface area contributed by atoms with E-state index >= 15 is 0 Å². The molecule has 0 bridgehead atoms. The van der Waals surface area contributed by atoms with E-state index in [2.05, 4.69) is 15.3 Å². The van der Waals surface area contributed by atoms with Crippen LogP contribution in [-0.2, 0) is 12.6 Å². The molecule has 0 radical (unpaired) electrons. The Bertz CT molecular complexity index is 1250. The van der Waals surface area contributed by atoms with E-state index in [9.17, 15) is 18.0 Å². The molecule has 0 spiro atoms. The molecule has 0 atom stereocenters. The SMILES string of the molecule is O=C(NCCc1c[nH]c2ccccc12)c1ccc(Oc2ncc(C(F)(F)F)cc2Cl)cc1. The van der Waals surface area contributed by atoms with Crippen molar-refractivity contribution in [2.45, 2.75) is 12.6 Å². The molecule has 0 fully saturated rings. The minimum Gasteiger partial charge on any atom is -0.438 e. The van der Waals surface area contributed by atoms with Crippen LogP contribution >= 0.6 is 11.6 Å². The Balaban J connectivity index is 1.34. The molecule has 32 heavy (non-hydrogen) atoms. The van der Waals surface area contributed by atoms with Gasteiger partial charge in [-0.3, -0.25) is 4.79 Å². The van der Waals surface area contributed by atoms with Gasteiger partial charge in [-0.05, 0) is 48.4 Å². The molecule has 2 aromatic heterocycles. The van der Waals surface area contributed by atoms with Gasteiger partial charge in [0.15, 0.2) is 0 Å². The number of halogens is 4. The number of ether oxygens (including phenoxy) is 1. The van der Waals surface area contributed by atoms with Gasteiger partial charge in [0.25, 0.3) is 5.91 Å². The van der Waals surface area contributed by atoms with Crippen molar-refractivity contribution in [2.24, 2.45) is 0 Å². The number of amides is 1. The lowest BCUT2D eigenvalue weighted by Gasteiger charge is -2.10. The Kier molecular flexibility index (Phi) is 6.05. The molecule has 1 amide bonds. The minimum atomic E-state index is -4.54. The molecule has 2 heterocycles. The largest absolute Gasteiger partial charge is 0.438 e. The van der Waals surface area contributed by atoms with Crippen molar-refractivity contribution in [3.05, 3.63) is 88.7 Å². The molecule has 0 saturated carbocycles. The summed E-state index contributed by atoms with van der Waals surface area (Å²) in [6.45, 7) is 0.462. The van der Waals surface area contributed by atoms with Crippen LogP contribution in [0.1, 0.15) is 21.5 Å². The average Bonchev–Trinajstić information content (AvgIpc) is 3.18. The fourth-order valence-corrected chi connectivity index (χ4v) is 3.40. The van der Waals surface area contributed by atoms with Crippen LogP contribution in [0.2, 0.25) is 5.02 Å². The number of para-hydroxylation sites is 1. The van der Waals surface area contributed by atoms with Gasteiger partial charge in [0, 0.05) is 35.4 Å². The van der Waals surface area contributed by atoms with E-state index in [1.165, 1.54) is 12.1 Å². The number of nitrogens with zero attached hydrogens (tertiary/aromatic N) is 1. The molecule has 5 nitrogen and oxygen atoms in total. The number of carbonyl (C=O) groups is 1. The Morgan fingerprint density at radius 2 is 1.88 bits per heavy atom. The number of aromatic nitrogens is 2. The van der Waals surface area contributed by atoms with E-state index in [0.717, 1.165) is 22.5 Å². The molecular weight excluding hydrogens is 443 g/mol. The lowest BCUT2D eigenvalue weighted by Crippen LogP contribution is -2.25. The van der Waals surface area contributed by atoms with Crippen LogP contribution in [0.15, 0.2) is 67.0 Å². The molecule has 0 unspecified atom stereocenters. The van der Waals surface area contributed by atoms with Gasteiger partial charge in [-0.2, -0.15) is 13.2 Å². The fourth-order valence-electron chi connectivity index (χ4n) is 3.19. The number of H-pyrrole nitrogens is 1. The van der Waals surface area contributed by atoms with E-state index in [-0.39, 0.29) is 22.6 Å². The first-order valence-electron chi connectivity index (χ1n) is 9.65. The highest BCUT2D eigenvalue weighted by Gasteiger charge is 2.31. The van der Waals surface area contributed by atoms with E-state index in [1.54, 1.807) is 12.1 Å². The van der Waals surface area contributed by atoms with E-state index < -0.39 is 11.7 Å². The molecule has 4 aromatic rings. The third-order valence-electron chi connectivity index (χ3n) is 4.82. The number of aromatic amines is 1. The summed E-state index contributed by atoms with van der Waals surface area (Å²) in [6, 6.07) is 14.8. The van der Waals surface area contributed by atoms with Crippen LogP contribution in [0.4, 0.5) is 13.2 Å². The zero-order valence-corrected chi connectivity index (χ0v) is 17.3. The normalized spacial score (nSPS) is 11.5. The number of carbonyl (C=O) groups excluding carboxylic acids is 1. The predicted molar refractivity (Wildman–Crippen MR) is 115 cm³/mol. The molecular formula is C23H17ClF3N3O2. The Morgan fingerprint density at radius 1 is 1.12 bits per heavy atom. The van der Waals surface area contributed by atoms with Crippen molar-refractivity contribution in [1.82, 2.24) is 15.3 Å². The summed E-state index contributed by atoms with van der Waals surface area (Å²) in [4.78, 5) is 19.2. The highest BCUT2D eigenvalue weighted by Crippen LogP contribution is 2.34. The molecule has 0 aliphatic heterocycles. The van der Waals surface area contributed by atoms with Crippen LogP contribution in [0.3, 0.4) is 0 Å². The lowest BCUT2D eigenvalue weighted by atomic mass is 10.1. The van der Waals surface area contributed by atoms with Gasteiger partial charge >= 0.3 is 6.18 Å². The Labute approximate surface area is 186 Å². The number of pyridine rings is 1. The zero-order chi connectivity index (χ0) is 22.7. The van der Waals surface area contributed by atoms with Crippen LogP contribution in [-0.4, -0.2) is 22.4 Å². The first-order chi connectivity index (χ1) is 15.3. The smallest absolute Gasteiger partial charge is 0.417 e. The summed E-state index contributed by atoms with van der Waals surface area (Å²) in [7, 11) is 0. The third kappa shape index (κ3) is 4.86. The molecule has 2 N–H and O–H groups in total. The van der Waals surface area contributed by atoms with Gasteiger partial charge in [0.1, 0.15) is 10.8 Å². The van der Waals surface area contributed by atoms with E-state index in [4.69, 9.17) is 16.3 Å². The zero-order valence-electron chi connectivity index (χ0n) is 16.5. The second-order valence-electron chi connectivity index (χ2n) is 7.00. The second-order valence-corrected chi connectivity index (χ2v) is 7.41. The first-order valence-corrected chi connectivity index (χ1v) is 10.0. The standard InChI is InChI=1S/C23H17ClF3N3O2/c24-19-11-16(23(25,26)27)13-30-22(19)32-17-7-5-14(6-8-17)21(31)28-10-9-15-12-29-20-4-2-1-3-18(15)20/h1-8,11-13,29H,9-10H2,(H,28,31). The molecule has 0 saturated heterocycles. The number of benzene rings is 2. The van der Waals surface area contributed by atoms with Crippen molar-refractivity contribution in [3.8, 4) is 11.6 Å². The summed E-state index contributed by atoms with van der Waals surface area (Å²) in [5.41, 5.74) is 1.62. The average molecular weight is 460 g/mol. The van der Waals surface area contributed by atoms with Crippen molar-refractivity contribution in [2.75, 3.05) is 6.54 Å². The molecule has 0 aliphatic rings. The van der Waals surface area contributed by atoms with E-state index in [1.807, 2.05) is 30.5 Å². The molecule has 164 valence electrons. The molecule has 4 rings (SSSR count). The number of alkyl halides is 3. The van der Waals surface area contributed by atoms with E-state index in [0.29, 0.717) is 24.7 Å². The number of rotatable bonds is 6. The summed E-state index contributed by atoms with van der Waals surface area (Å²) in [5, 5.41) is 3.73. The summed E-state index contributed by atoms with van der Waals surface area (Å²) < 4.78 is 43.6. The predicted octanol–water partition coefficient (Wildman–Crippen LogP) is 6.00. The first kappa shape index (κ1) is 21.7. The van der Waals surface area contributed by atoms with Crippen molar-refractivity contribution >= 4 is 28.4 Å². The number of hydrogen-bond donors (Lipinski definition) is 2. The van der Waals surface area contributed by atoms with Crippen LogP contribution in [0.5, 0.6) is 11.6 Å². The summed E-state index contributed by atoms with van der Waals surface area (Å²) in [6.07, 6.45) is -1.28. The molecule has 9 heteroatoms. The number of nitrogens with one attached hydrogen (secondary N) is 2. The van der Waals surface area contributed by atoms with Crippen LogP contribution in [0, 0.1) is 0 Å². The van der Waals surface area contributed by atoms with Crippen molar-refractivity contribution in [1.29, 1.82) is 0 Å². The van der Waals surface area contributed by atoms with Gasteiger partial charge in [-0.15, -0.1) is 0 Å². The maximum absolute atomic E-state index is 12.7. The maximum atomic E-state index is 12.7. The number of fused-ring (bicyclic) bond motifs is 1. The topological polar surface area (TPSA) is 67.0 Å². The van der Waals surface area contributed by atoms with Gasteiger partial charge in [-0.25, -0.2) is 4.98 Å². The second kappa shape index (κ2) is 8.92. The van der Waals surface area contributed by atoms with Gasteiger partial charge in [0.05, 0.1) is 5.56 Å². The highest BCUT2D eigenvalue weighted by molar-refractivity contribution is 6.31. The Morgan fingerprint density at radius 3 is 2.59 bits per heavy atom. The summed E-state index contributed by atoms with van der Waals surface area (Å²) >= 11 is 5.85. The minimum absolute atomic E-state index is 0.157.